The van der Waals surface area contributed by atoms with Crippen molar-refractivity contribution < 1.29 is 0 Å². The van der Waals surface area contributed by atoms with Gasteiger partial charge >= 0.3 is 0 Å². The summed E-state index contributed by atoms with van der Waals surface area (Å²) in [5, 5.41) is 4.23. The van der Waals surface area contributed by atoms with Crippen LogP contribution in [0.15, 0.2) is 18.9 Å². The third-order valence-electron chi connectivity index (χ3n) is 1.43. The van der Waals surface area contributed by atoms with Gasteiger partial charge in [-0.3, -0.25) is 4.68 Å². The van der Waals surface area contributed by atoms with Crippen LogP contribution in [0, 0.1) is 0 Å². The Hall–Kier alpha value is -1.31. The SMILES string of the molecule is C=Cc1cn(C)nc1/C=C\C.CC. The largest absolute Gasteiger partial charge is 0.275 e. The predicted octanol–water partition coefficient (Wildman–Crippen LogP) is 3.12. The van der Waals surface area contributed by atoms with Crippen molar-refractivity contribution in [1.82, 2.24) is 9.78 Å². The molecule has 0 saturated carbocycles. The van der Waals surface area contributed by atoms with E-state index in [1.807, 2.05) is 52.2 Å². The van der Waals surface area contributed by atoms with E-state index in [4.69, 9.17) is 0 Å². The van der Waals surface area contributed by atoms with Gasteiger partial charge in [0.1, 0.15) is 0 Å². The number of allylic oxidation sites excluding steroid dienone is 1. The first-order valence-electron chi connectivity index (χ1n) is 4.56. The normalized spacial score (nSPS) is 9.54. The second kappa shape index (κ2) is 6.23. The van der Waals surface area contributed by atoms with E-state index in [1.165, 1.54) is 0 Å². The van der Waals surface area contributed by atoms with Crippen LogP contribution in [0.2, 0.25) is 0 Å². The number of hydrogen-bond donors (Lipinski definition) is 0. The molecule has 1 aromatic heterocycles. The van der Waals surface area contributed by atoms with E-state index >= 15 is 0 Å². The summed E-state index contributed by atoms with van der Waals surface area (Å²) in [6.45, 7) is 9.67. The number of rotatable bonds is 2. The molecule has 0 aromatic carbocycles. The summed E-state index contributed by atoms with van der Waals surface area (Å²) in [5.74, 6) is 0. The van der Waals surface area contributed by atoms with Crippen LogP contribution in [0.4, 0.5) is 0 Å². The molecular formula is C11H18N2. The van der Waals surface area contributed by atoms with Gasteiger partial charge in [0, 0.05) is 18.8 Å². The van der Waals surface area contributed by atoms with Crippen molar-refractivity contribution in [3.8, 4) is 0 Å². The van der Waals surface area contributed by atoms with E-state index in [0.717, 1.165) is 11.3 Å². The van der Waals surface area contributed by atoms with Gasteiger partial charge in [-0.1, -0.05) is 32.6 Å². The fourth-order valence-electron chi connectivity index (χ4n) is 0.969. The van der Waals surface area contributed by atoms with Crippen LogP contribution in [0.1, 0.15) is 32.0 Å². The van der Waals surface area contributed by atoms with E-state index in [0.29, 0.717) is 0 Å². The first-order valence-corrected chi connectivity index (χ1v) is 4.56. The van der Waals surface area contributed by atoms with E-state index < -0.39 is 0 Å². The van der Waals surface area contributed by atoms with Gasteiger partial charge in [0.2, 0.25) is 0 Å². The Morgan fingerprint density at radius 2 is 2.08 bits per heavy atom. The topological polar surface area (TPSA) is 17.8 Å². The highest BCUT2D eigenvalue weighted by molar-refractivity contribution is 5.60. The van der Waals surface area contributed by atoms with Gasteiger partial charge in [-0.25, -0.2) is 0 Å². The highest BCUT2D eigenvalue weighted by Gasteiger charge is 1.98. The molecule has 13 heavy (non-hydrogen) atoms. The Balaban J connectivity index is 0.000000671. The van der Waals surface area contributed by atoms with Crippen LogP contribution in [-0.4, -0.2) is 9.78 Å². The molecule has 1 aromatic rings. The highest BCUT2D eigenvalue weighted by Crippen LogP contribution is 2.08. The molecule has 0 bridgehead atoms. The zero-order chi connectivity index (χ0) is 10.3. The zero-order valence-electron chi connectivity index (χ0n) is 8.91. The molecule has 72 valence electrons. The van der Waals surface area contributed by atoms with Gasteiger partial charge in [-0.15, -0.1) is 0 Å². The minimum absolute atomic E-state index is 0.977. The molecule has 0 spiro atoms. The van der Waals surface area contributed by atoms with Crippen LogP contribution < -0.4 is 0 Å². The van der Waals surface area contributed by atoms with Gasteiger partial charge in [-0.2, -0.15) is 5.10 Å². The Bertz CT molecular complexity index is 282. The minimum atomic E-state index is 0.977. The molecule has 0 fully saturated rings. The van der Waals surface area contributed by atoms with Crippen molar-refractivity contribution in [2.24, 2.45) is 7.05 Å². The molecule has 0 aliphatic rings. The Morgan fingerprint density at radius 1 is 1.46 bits per heavy atom. The van der Waals surface area contributed by atoms with Gasteiger partial charge < -0.3 is 0 Å². The highest BCUT2D eigenvalue weighted by atomic mass is 15.2. The molecule has 0 aliphatic carbocycles. The molecule has 0 radical (unpaired) electrons. The van der Waals surface area contributed by atoms with Crippen LogP contribution in [0.3, 0.4) is 0 Å². The second-order valence-electron chi connectivity index (χ2n) is 2.35. The maximum absolute atomic E-state index is 4.23. The van der Waals surface area contributed by atoms with Gasteiger partial charge in [0.05, 0.1) is 5.69 Å². The minimum Gasteiger partial charge on any atom is -0.275 e. The van der Waals surface area contributed by atoms with Crippen molar-refractivity contribution in [2.75, 3.05) is 0 Å². The Kier molecular flexibility index (Phi) is 5.60. The average molecular weight is 178 g/mol. The lowest BCUT2D eigenvalue weighted by atomic mass is 10.2. The molecule has 0 N–H and O–H groups in total. The Labute approximate surface area is 80.6 Å². The first kappa shape index (κ1) is 11.7. The summed E-state index contributed by atoms with van der Waals surface area (Å²) >= 11 is 0. The lowest BCUT2D eigenvalue weighted by Gasteiger charge is -1.84. The van der Waals surface area contributed by atoms with Crippen LogP contribution in [0.25, 0.3) is 12.2 Å². The number of aromatic nitrogens is 2. The Morgan fingerprint density at radius 3 is 2.54 bits per heavy atom. The molecule has 0 saturated heterocycles. The monoisotopic (exact) mass is 178 g/mol. The standard InChI is InChI=1S/C9H12N2.C2H6/c1-4-6-9-8(5-2)7-11(3)10-9;1-2/h4-7H,2H2,1,3H3;1-2H3/b6-4-;. The van der Waals surface area contributed by atoms with Gasteiger partial charge in [0.15, 0.2) is 0 Å². The molecule has 0 amide bonds. The summed E-state index contributed by atoms with van der Waals surface area (Å²) in [5.41, 5.74) is 2.05. The van der Waals surface area contributed by atoms with Crippen LogP contribution in [0.5, 0.6) is 0 Å². The van der Waals surface area contributed by atoms with Crippen molar-refractivity contribution in [3.05, 3.63) is 30.1 Å². The molecule has 1 rings (SSSR count). The van der Waals surface area contributed by atoms with Crippen molar-refractivity contribution in [1.29, 1.82) is 0 Å². The maximum Gasteiger partial charge on any atom is 0.0919 e. The third kappa shape index (κ3) is 3.28. The zero-order valence-corrected chi connectivity index (χ0v) is 8.91. The third-order valence-corrected chi connectivity index (χ3v) is 1.43. The predicted molar refractivity (Wildman–Crippen MR) is 59.4 cm³/mol. The lowest BCUT2D eigenvalue weighted by Crippen LogP contribution is -1.86. The van der Waals surface area contributed by atoms with Crippen molar-refractivity contribution in [2.45, 2.75) is 20.8 Å². The molecule has 2 heteroatoms. The summed E-state index contributed by atoms with van der Waals surface area (Å²) in [6.07, 6.45) is 7.69. The van der Waals surface area contributed by atoms with Crippen LogP contribution >= 0.6 is 0 Å². The van der Waals surface area contributed by atoms with E-state index in [-0.39, 0.29) is 0 Å². The smallest absolute Gasteiger partial charge is 0.0919 e. The fourth-order valence-corrected chi connectivity index (χ4v) is 0.969. The quantitative estimate of drug-likeness (QED) is 0.680. The molecule has 0 aliphatic heterocycles. The van der Waals surface area contributed by atoms with Gasteiger partial charge in [-0.05, 0) is 13.0 Å². The first-order chi connectivity index (χ1) is 6.27. The van der Waals surface area contributed by atoms with E-state index in [2.05, 4.69) is 11.7 Å². The molecule has 1 heterocycles. The lowest BCUT2D eigenvalue weighted by molar-refractivity contribution is 0.764. The summed E-state index contributed by atoms with van der Waals surface area (Å²) < 4.78 is 1.78. The second-order valence-corrected chi connectivity index (χ2v) is 2.35. The summed E-state index contributed by atoms with van der Waals surface area (Å²) in [6, 6.07) is 0. The molecule has 0 atom stereocenters. The maximum atomic E-state index is 4.23. The summed E-state index contributed by atoms with van der Waals surface area (Å²) in [7, 11) is 1.90. The van der Waals surface area contributed by atoms with Crippen molar-refractivity contribution >= 4 is 12.2 Å². The number of hydrogen-bond acceptors (Lipinski definition) is 1. The molecule has 0 unspecified atom stereocenters. The van der Waals surface area contributed by atoms with Crippen LogP contribution in [-0.2, 0) is 7.05 Å². The van der Waals surface area contributed by atoms with Crippen molar-refractivity contribution in [3.63, 3.8) is 0 Å². The molecule has 2 nitrogen and oxygen atoms in total. The summed E-state index contributed by atoms with van der Waals surface area (Å²) in [4.78, 5) is 0. The van der Waals surface area contributed by atoms with Gasteiger partial charge in [0.25, 0.3) is 0 Å². The van der Waals surface area contributed by atoms with E-state index in [9.17, 15) is 0 Å². The van der Waals surface area contributed by atoms with E-state index in [1.54, 1.807) is 4.68 Å². The number of aryl methyl sites for hydroxylation is 1. The fraction of sp³-hybridized carbons (Fsp3) is 0.364. The average Bonchev–Trinajstić information content (AvgIpc) is 2.50. The number of nitrogens with zero attached hydrogens (tertiary/aromatic N) is 2. The molecular weight excluding hydrogens is 160 g/mol.